The molecule has 0 saturated heterocycles. The number of phenols is 1. The SMILES string of the molecule is O=C(O)C(c1ccc(Cl)cc1)c1cc(O)ccc1Cl. The van der Waals surface area contributed by atoms with Gasteiger partial charge in [-0.15, -0.1) is 0 Å². The van der Waals surface area contributed by atoms with Gasteiger partial charge in [0, 0.05) is 10.0 Å². The number of carboxylic acids is 1. The molecule has 0 spiro atoms. The van der Waals surface area contributed by atoms with Crippen molar-refractivity contribution in [1.29, 1.82) is 0 Å². The summed E-state index contributed by atoms with van der Waals surface area (Å²) in [7, 11) is 0. The number of hydrogen-bond donors (Lipinski definition) is 2. The lowest BCUT2D eigenvalue weighted by atomic mass is 9.91. The smallest absolute Gasteiger partial charge is 0.315 e. The molecule has 0 aliphatic heterocycles. The molecule has 0 heterocycles. The van der Waals surface area contributed by atoms with E-state index in [4.69, 9.17) is 23.2 Å². The summed E-state index contributed by atoms with van der Waals surface area (Å²) >= 11 is 11.8. The van der Waals surface area contributed by atoms with E-state index < -0.39 is 11.9 Å². The van der Waals surface area contributed by atoms with Gasteiger partial charge in [-0.05, 0) is 41.5 Å². The molecule has 98 valence electrons. The third kappa shape index (κ3) is 3.00. The van der Waals surface area contributed by atoms with Gasteiger partial charge in [0.1, 0.15) is 11.7 Å². The minimum atomic E-state index is -1.05. The maximum absolute atomic E-state index is 11.5. The summed E-state index contributed by atoms with van der Waals surface area (Å²) in [5.41, 5.74) is 0.890. The van der Waals surface area contributed by atoms with Crippen LogP contribution in [-0.4, -0.2) is 16.2 Å². The Morgan fingerprint density at radius 1 is 1.05 bits per heavy atom. The van der Waals surface area contributed by atoms with E-state index in [1.54, 1.807) is 24.3 Å². The van der Waals surface area contributed by atoms with Crippen LogP contribution in [0.3, 0.4) is 0 Å². The van der Waals surface area contributed by atoms with Crippen LogP contribution in [-0.2, 0) is 4.79 Å². The van der Waals surface area contributed by atoms with Crippen LogP contribution in [0.15, 0.2) is 42.5 Å². The van der Waals surface area contributed by atoms with E-state index in [1.165, 1.54) is 18.2 Å². The fraction of sp³-hybridized carbons (Fsp3) is 0.0714. The highest BCUT2D eigenvalue weighted by Crippen LogP contribution is 2.33. The minimum absolute atomic E-state index is 0.0281. The Hall–Kier alpha value is -1.71. The molecule has 2 aromatic carbocycles. The van der Waals surface area contributed by atoms with Crippen molar-refractivity contribution in [3.8, 4) is 5.75 Å². The van der Waals surface area contributed by atoms with Gasteiger partial charge in [0.25, 0.3) is 0 Å². The van der Waals surface area contributed by atoms with Crippen molar-refractivity contribution in [2.24, 2.45) is 0 Å². The van der Waals surface area contributed by atoms with Gasteiger partial charge in [0.2, 0.25) is 0 Å². The summed E-state index contributed by atoms with van der Waals surface area (Å²) in [6, 6.07) is 10.7. The summed E-state index contributed by atoms with van der Waals surface area (Å²) in [5, 5.41) is 19.7. The van der Waals surface area contributed by atoms with Crippen LogP contribution in [0.5, 0.6) is 5.75 Å². The number of carbonyl (C=O) groups is 1. The van der Waals surface area contributed by atoms with Gasteiger partial charge in [0.05, 0.1) is 0 Å². The maximum atomic E-state index is 11.5. The molecule has 1 atom stereocenters. The Kier molecular flexibility index (Phi) is 3.98. The second-order valence-electron chi connectivity index (χ2n) is 4.03. The van der Waals surface area contributed by atoms with Gasteiger partial charge < -0.3 is 10.2 Å². The van der Waals surface area contributed by atoms with E-state index in [2.05, 4.69) is 0 Å². The van der Waals surface area contributed by atoms with Gasteiger partial charge >= 0.3 is 5.97 Å². The lowest BCUT2D eigenvalue weighted by Crippen LogP contribution is -2.13. The molecule has 0 amide bonds. The van der Waals surface area contributed by atoms with Gasteiger partial charge in [-0.25, -0.2) is 0 Å². The molecule has 3 nitrogen and oxygen atoms in total. The number of hydrogen-bond acceptors (Lipinski definition) is 2. The molecule has 0 radical (unpaired) electrons. The predicted molar refractivity (Wildman–Crippen MR) is 74.0 cm³/mol. The molecular weight excluding hydrogens is 287 g/mol. The Morgan fingerprint density at radius 2 is 1.68 bits per heavy atom. The maximum Gasteiger partial charge on any atom is 0.315 e. The molecule has 19 heavy (non-hydrogen) atoms. The van der Waals surface area contributed by atoms with Gasteiger partial charge in [0.15, 0.2) is 0 Å². The summed E-state index contributed by atoms with van der Waals surface area (Å²) in [6.07, 6.45) is 0. The van der Waals surface area contributed by atoms with Crippen molar-refractivity contribution in [3.05, 3.63) is 63.6 Å². The molecule has 1 unspecified atom stereocenters. The molecule has 0 saturated carbocycles. The van der Waals surface area contributed by atoms with Crippen LogP contribution < -0.4 is 0 Å². The van der Waals surface area contributed by atoms with E-state index in [1.807, 2.05) is 0 Å². The molecule has 2 N–H and O–H groups in total. The highest BCUT2D eigenvalue weighted by molar-refractivity contribution is 6.31. The Morgan fingerprint density at radius 3 is 2.26 bits per heavy atom. The fourth-order valence-corrected chi connectivity index (χ4v) is 2.22. The Bertz CT molecular complexity index is 609. The van der Waals surface area contributed by atoms with Crippen molar-refractivity contribution in [2.75, 3.05) is 0 Å². The number of aromatic hydroxyl groups is 1. The van der Waals surface area contributed by atoms with Crippen molar-refractivity contribution >= 4 is 29.2 Å². The van der Waals surface area contributed by atoms with Crippen molar-refractivity contribution in [3.63, 3.8) is 0 Å². The first-order valence-electron chi connectivity index (χ1n) is 5.45. The fourth-order valence-electron chi connectivity index (χ4n) is 1.86. The summed E-state index contributed by atoms with van der Waals surface area (Å²) in [5.74, 6) is -2.02. The topological polar surface area (TPSA) is 57.5 Å². The quantitative estimate of drug-likeness (QED) is 0.903. The second-order valence-corrected chi connectivity index (χ2v) is 4.87. The van der Waals surface area contributed by atoms with E-state index >= 15 is 0 Å². The summed E-state index contributed by atoms with van der Waals surface area (Å²) in [4.78, 5) is 11.5. The standard InChI is InChI=1S/C14H10Cl2O3/c15-9-3-1-8(2-4-9)13(14(18)19)11-7-10(17)5-6-12(11)16/h1-7,13,17H,(H,18,19). The lowest BCUT2D eigenvalue weighted by Gasteiger charge is -2.15. The average Bonchev–Trinajstić information content (AvgIpc) is 2.36. The highest BCUT2D eigenvalue weighted by atomic mass is 35.5. The zero-order chi connectivity index (χ0) is 14.0. The van der Waals surface area contributed by atoms with Crippen LogP contribution in [0.1, 0.15) is 17.0 Å². The van der Waals surface area contributed by atoms with Crippen LogP contribution in [0, 0.1) is 0 Å². The second kappa shape index (κ2) is 5.51. The number of phenolic OH excluding ortho intramolecular Hbond substituents is 1. The monoisotopic (exact) mass is 296 g/mol. The Balaban J connectivity index is 2.54. The normalized spacial score (nSPS) is 12.1. The zero-order valence-corrected chi connectivity index (χ0v) is 11.2. The number of rotatable bonds is 3. The van der Waals surface area contributed by atoms with Crippen molar-refractivity contribution in [1.82, 2.24) is 0 Å². The lowest BCUT2D eigenvalue weighted by molar-refractivity contribution is -0.137. The van der Waals surface area contributed by atoms with Crippen LogP contribution in [0.25, 0.3) is 0 Å². The number of carboxylic acid groups (broad SMARTS) is 1. The van der Waals surface area contributed by atoms with E-state index in [0.29, 0.717) is 21.2 Å². The summed E-state index contributed by atoms with van der Waals surface area (Å²) < 4.78 is 0. The molecular formula is C14H10Cl2O3. The predicted octanol–water partition coefficient (Wildman–Crippen LogP) is 3.92. The zero-order valence-electron chi connectivity index (χ0n) is 9.68. The first kappa shape index (κ1) is 13.7. The Labute approximate surface area is 120 Å². The van der Waals surface area contributed by atoms with Crippen LogP contribution in [0.2, 0.25) is 10.0 Å². The van der Waals surface area contributed by atoms with E-state index in [9.17, 15) is 15.0 Å². The molecule has 5 heteroatoms. The molecule has 2 rings (SSSR count). The van der Waals surface area contributed by atoms with Crippen molar-refractivity contribution < 1.29 is 15.0 Å². The molecule has 0 fully saturated rings. The molecule has 0 aromatic heterocycles. The highest BCUT2D eigenvalue weighted by Gasteiger charge is 2.24. The molecule has 2 aromatic rings. The summed E-state index contributed by atoms with van der Waals surface area (Å²) in [6.45, 7) is 0. The first-order chi connectivity index (χ1) is 8.99. The molecule has 0 bridgehead atoms. The third-order valence-corrected chi connectivity index (χ3v) is 3.34. The van der Waals surface area contributed by atoms with E-state index in [-0.39, 0.29) is 5.75 Å². The molecule has 0 aliphatic carbocycles. The van der Waals surface area contributed by atoms with Gasteiger partial charge in [-0.2, -0.15) is 0 Å². The number of benzene rings is 2. The third-order valence-electron chi connectivity index (χ3n) is 2.74. The van der Waals surface area contributed by atoms with Crippen molar-refractivity contribution in [2.45, 2.75) is 5.92 Å². The first-order valence-corrected chi connectivity index (χ1v) is 6.21. The molecule has 0 aliphatic rings. The van der Waals surface area contributed by atoms with Crippen LogP contribution >= 0.6 is 23.2 Å². The average molecular weight is 297 g/mol. The van der Waals surface area contributed by atoms with E-state index in [0.717, 1.165) is 0 Å². The van der Waals surface area contributed by atoms with Gasteiger partial charge in [-0.3, -0.25) is 4.79 Å². The number of halogens is 2. The van der Waals surface area contributed by atoms with Gasteiger partial charge in [-0.1, -0.05) is 35.3 Å². The largest absolute Gasteiger partial charge is 0.508 e. The minimum Gasteiger partial charge on any atom is -0.508 e. The number of aliphatic carboxylic acids is 1. The van der Waals surface area contributed by atoms with Crippen LogP contribution in [0.4, 0.5) is 0 Å².